The lowest BCUT2D eigenvalue weighted by atomic mass is 10.1. The summed E-state index contributed by atoms with van der Waals surface area (Å²) in [4.78, 5) is 37.7. The van der Waals surface area contributed by atoms with E-state index in [9.17, 15) is 22.8 Å². The van der Waals surface area contributed by atoms with Crippen LogP contribution < -0.4 is 5.32 Å². The van der Waals surface area contributed by atoms with Gasteiger partial charge >= 0.3 is 11.9 Å². The highest BCUT2D eigenvalue weighted by molar-refractivity contribution is 7.90. The van der Waals surface area contributed by atoms with Gasteiger partial charge in [0, 0.05) is 11.1 Å². The molecule has 0 fully saturated rings. The van der Waals surface area contributed by atoms with Gasteiger partial charge in [0.2, 0.25) is 0 Å². The van der Waals surface area contributed by atoms with E-state index in [-0.39, 0.29) is 27.7 Å². The normalized spacial score (nSPS) is 11.1. The topological polar surface area (TPSA) is 116 Å². The van der Waals surface area contributed by atoms with Crippen molar-refractivity contribution in [3.05, 3.63) is 44.8 Å². The minimum absolute atomic E-state index is 0.0103. The van der Waals surface area contributed by atoms with Crippen LogP contribution in [-0.2, 0) is 30.5 Å². The fraction of sp³-hybridized carbons (Fsp3) is 0.350. The van der Waals surface area contributed by atoms with Gasteiger partial charge in [0.05, 0.1) is 27.7 Å². The van der Waals surface area contributed by atoms with Gasteiger partial charge in [-0.05, 0) is 44.0 Å². The SMILES string of the molecule is CCOC(=O)c1c(NC(=O)COC(=O)c2cc(S(C)(=O)=O)ccc2Cl)sc(C)c1CC. The fourth-order valence-corrected chi connectivity index (χ4v) is 4.77. The number of rotatable bonds is 8. The summed E-state index contributed by atoms with van der Waals surface area (Å²) < 4.78 is 33.4. The van der Waals surface area contributed by atoms with Crippen molar-refractivity contribution < 1.29 is 32.3 Å². The van der Waals surface area contributed by atoms with Crippen molar-refractivity contribution in [2.45, 2.75) is 32.1 Å². The highest BCUT2D eigenvalue weighted by Crippen LogP contribution is 2.34. The van der Waals surface area contributed by atoms with Crippen LogP contribution in [0.15, 0.2) is 23.1 Å². The Bertz CT molecular complexity index is 1120. The molecule has 1 N–H and O–H groups in total. The van der Waals surface area contributed by atoms with E-state index in [2.05, 4.69) is 5.32 Å². The summed E-state index contributed by atoms with van der Waals surface area (Å²) in [6.45, 7) is 4.94. The molecular weight excluding hydrogens is 466 g/mol. The van der Waals surface area contributed by atoms with Crippen LogP contribution in [0.5, 0.6) is 0 Å². The highest BCUT2D eigenvalue weighted by atomic mass is 35.5. The number of thiophene rings is 1. The zero-order valence-corrected chi connectivity index (χ0v) is 19.8. The number of nitrogens with one attached hydrogen (secondary N) is 1. The summed E-state index contributed by atoms with van der Waals surface area (Å²) in [5.41, 5.74) is 0.889. The number of ether oxygens (including phenoxy) is 2. The third-order valence-electron chi connectivity index (χ3n) is 4.22. The first-order valence-corrected chi connectivity index (χ1v) is 12.3. The van der Waals surface area contributed by atoms with Gasteiger partial charge in [-0.3, -0.25) is 4.79 Å². The van der Waals surface area contributed by atoms with Crippen LogP contribution in [0, 0.1) is 6.92 Å². The second-order valence-corrected chi connectivity index (χ2v) is 10.1. The average Bonchev–Trinajstić information content (AvgIpc) is 3.00. The van der Waals surface area contributed by atoms with E-state index >= 15 is 0 Å². The van der Waals surface area contributed by atoms with Gasteiger partial charge in [0.25, 0.3) is 5.91 Å². The predicted octanol–water partition coefficient (Wildman–Crippen LogP) is 3.65. The number of benzene rings is 1. The van der Waals surface area contributed by atoms with Gasteiger partial charge in [-0.1, -0.05) is 18.5 Å². The Morgan fingerprint density at radius 1 is 1.13 bits per heavy atom. The van der Waals surface area contributed by atoms with E-state index in [0.29, 0.717) is 11.4 Å². The molecule has 1 aromatic heterocycles. The number of carbonyl (C=O) groups is 3. The number of amides is 1. The van der Waals surface area contributed by atoms with E-state index in [1.165, 1.54) is 23.5 Å². The number of carbonyl (C=O) groups excluding carboxylic acids is 3. The van der Waals surface area contributed by atoms with E-state index in [4.69, 9.17) is 21.1 Å². The Morgan fingerprint density at radius 3 is 2.39 bits per heavy atom. The van der Waals surface area contributed by atoms with Crippen LogP contribution in [0.4, 0.5) is 5.00 Å². The molecule has 1 amide bonds. The van der Waals surface area contributed by atoms with Crippen molar-refractivity contribution in [3.8, 4) is 0 Å². The number of esters is 2. The molecule has 31 heavy (non-hydrogen) atoms. The van der Waals surface area contributed by atoms with Crippen molar-refractivity contribution in [3.63, 3.8) is 0 Å². The van der Waals surface area contributed by atoms with E-state index in [1.54, 1.807) is 6.92 Å². The monoisotopic (exact) mass is 487 g/mol. The number of hydrogen-bond donors (Lipinski definition) is 1. The maximum Gasteiger partial charge on any atom is 0.341 e. The highest BCUT2D eigenvalue weighted by Gasteiger charge is 2.24. The fourth-order valence-electron chi connectivity index (χ4n) is 2.77. The quantitative estimate of drug-likeness (QED) is 0.565. The Balaban J connectivity index is 2.15. The first-order chi connectivity index (χ1) is 14.5. The Kier molecular flexibility index (Phi) is 8.21. The third-order valence-corrected chi connectivity index (χ3v) is 6.72. The first-order valence-electron chi connectivity index (χ1n) is 9.25. The molecule has 0 radical (unpaired) electrons. The molecule has 11 heteroatoms. The van der Waals surface area contributed by atoms with Gasteiger partial charge in [-0.15, -0.1) is 11.3 Å². The molecule has 0 unspecified atom stereocenters. The van der Waals surface area contributed by atoms with Gasteiger partial charge in [0.1, 0.15) is 5.00 Å². The number of hydrogen-bond acceptors (Lipinski definition) is 8. The van der Waals surface area contributed by atoms with E-state index < -0.39 is 34.3 Å². The second kappa shape index (κ2) is 10.3. The Hall–Kier alpha value is -2.43. The minimum atomic E-state index is -3.56. The predicted molar refractivity (Wildman–Crippen MR) is 118 cm³/mol. The summed E-state index contributed by atoms with van der Waals surface area (Å²) in [6.07, 6.45) is 1.57. The summed E-state index contributed by atoms with van der Waals surface area (Å²) >= 11 is 7.19. The molecule has 0 saturated heterocycles. The average molecular weight is 488 g/mol. The molecule has 0 spiro atoms. The molecule has 2 aromatic rings. The van der Waals surface area contributed by atoms with Crippen molar-refractivity contribution in [2.24, 2.45) is 0 Å². The Labute approximate surface area is 189 Å². The number of anilines is 1. The number of sulfone groups is 1. The molecular formula is C20H22ClNO7S2. The molecule has 2 rings (SSSR count). The molecule has 8 nitrogen and oxygen atoms in total. The van der Waals surface area contributed by atoms with Crippen LogP contribution in [0.1, 0.15) is 45.0 Å². The molecule has 0 bridgehead atoms. The van der Waals surface area contributed by atoms with Gasteiger partial charge < -0.3 is 14.8 Å². The van der Waals surface area contributed by atoms with Crippen LogP contribution in [0.3, 0.4) is 0 Å². The van der Waals surface area contributed by atoms with Crippen molar-refractivity contribution >= 4 is 55.6 Å². The molecule has 0 atom stereocenters. The Morgan fingerprint density at radius 2 is 1.81 bits per heavy atom. The lowest BCUT2D eigenvalue weighted by Crippen LogP contribution is -2.22. The van der Waals surface area contributed by atoms with Crippen LogP contribution in [-0.4, -0.2) is 45.7 Å². The zero-order chi connectivity index (χ0) is 23.3. The summed E-state index contributed by atoms with van der Waals surface area (Å²) in [7, 11) is -3.56. The third kappa shape index (κ3) is 6.05. The van der Waals surface area contributed by atoms with Crippen molar-refractivity contribution in [1.29, 1.82) is 0 Å². The van der Waals surface area contributed by atoms with Gasteiger partial charge in [-0.25, -0.2) is 18.0 Å². The molecule has 0 saturated carbocycles. The molecule has 0 aliphatic heterocycles. The number of aryl methyl sites for hydroxylation is 1. The smallest absolute Gasteiger partial charge is 0.341 e. The standard InChI is InChI=1S/C20H22ClNO7S2/c1-5-13-11(3)30-18(17(13)20(25)28-6-2)22-16(23)10-29-19(24)14-9-12(31(4,26)27)7-8-15(14)21/h7-9H,5-6,10H2,1-4H3,(H,22,23). The van der Waals surface area contributed by atoms with Crippen molar-refractivity contribution in [1.82, 2.24) is 0 Å². The zero-order valence-electron chi connectivity index (χ0n) is 17.4. The molecule has 1 heterocycles. The van der Waals surface area contributed by atoms with Gasteiger partial charge in [-0.2, -0.15) is 0 Å². The van der Waals surface area contributed by atoms with Crippen LogP contribution in [0.2, 0.25) is 5.02 Å². The van der Waals surface area contributed by atoms with E-state index in [1.807, 2.05) is 13.8 Å². The molecule has 0 aliphatic rings. The lowest BCUT2D eigenvalue weighted by Gasteiger charge is -2.09. The maximum atomic E-state index is 12.3. The summed E-state index contributed by atoms with van der Waals surface area (Å²) in [5, 5.41) is 2.88. The summed E-state index contributed by atoms with van der Waals surface area (Å²) in [5.74, 6) is -2.16. The second-order valence-electron chi connectivity index (χ2n) is 6.45. The molecule has 168 valence electrons. The maximum absolute atomic E-state index is 12.3. The van der Waals surface area contributed by atoms with E-state index in [0.717, 1.165) is 22.8 Å². The number of halogens is 1. The van der Waals surface area contributed by atoms with Gasteiger partial charge in [0.15, 0.2) is 16.4 Å². The van der Waals surface area contributed by atoms with Crippen molar-refractivity contribution in [2.75, 3.05) is 24.8 Å². The summed E-state index contributed by atoms with van der Waals surface area (Å²) in [6, 6.07) is 3.62. The van der Waals surface area contributed by atoms with Crippen LogP contribution >= 0.6 is 22.9 Å². The largest absolute Gasteiger partial charge is 0.462 e. The lowest BCUT2D eigenvalue weighted by molar-refractivity contribution is -0.119. The molecule has 1 aromatic carbocycles. The molecule has 0 aliphatic carbocycles. The first kappa shape index (κ1) is 24.8. The minimum Gasteiger partial charge on any atom is -0.462 e. The van der Waals surface area contributed by atoms with Crippen LogP contribution in [0.25, 0.3) is 0 Å².